The predicted octanol–water partition coefficient (Wildman–Crippen LogP) is 0.182. The van der Waals surface area contributed by atoms with Gasteiger partial charge in [0.05, 0.1) is 15.6 Å². The Morgan fingerprint density at radius 2 is 2.27 bits per heavy atom. The molecule has 2 aromatic rings. The lowest BCUT2D eigenvalue weighted by molar-refractivity contribution is -0.782. The van der Waals surface area contributed by atoms with E-state index in [1.807, 2.05) is 0 Å². The molecule has 0 aliphatic heterocycles. The summed E-state index contributed by atoms with van der Waals surface area (Å²) in [6.07, 6.45) is 0.400. The van der Waals surface area contributed by atoms with Crippen molar-refractivity contribution in [2.75, 3.05) is 0 Å². The third kappa shape index (κ3) is 1.19. The third-order valence-corrected chi connectivity index (χ3v) is 1.87. The van der Waals surface area contributed by atoms with Crippen molar-refractivity contribution >= 4 is 23.0 Å². The average molecular weight is 209 g/mol. The number of aromatic nitrogens is 2. The van der Waals surface area contributed by atoms with Gasteiger partial charge in [-0.15, -0.1) is 0 Å². The van der Waals surface area contributed by atoms with Crippen molar-refractivity contribution in [3.63, 3.8) is 0 Å². The number of fused-ring (bicyclic) bond motifs is 1. The third-order valence-electron chi connectivity index (χ3n) is 1.87. The van der Waals surface area contributed by atoms with Crippen molar-refractivity contribution in [3.8, 4) is 0 Å². The maximum absolute atomic E-state index is 11.0. The fraction of sp³-hybridized carbons (Fsp3) is 0. The van der Waals surface area contributed by atoms with Crippen LogP contribution in [-0.4, -0.2) is 16.4 Å². The van der Waals surface area contributed by atoms with Gasteiger partial charge in [0.15, 0.2) is 6.29 Å². The summed E-state index contributed by atoms with van der Waals surface area (Å²) in [5.74, 6) is 0. The summed E-state index contributed by atoms with van der Waals surface area (Å²) in [6.45, 7) is 0. The molecule has 0 spiro atoms. The van der Waals surface area contributed by atoms with E-state index in [1.165, 1.54) is 6.07 Å². The van der Waals surface area contributed by atoms with Crippen LogP contribution in [0.15, 0.2) is 16.8 Å². The number of nitro benzene ring substituents is 1. The van der Waals surface area contributed by atoms with Crippen LogP contribution in [0.4, 0.5) is 5.69 Å². The van der Waals surface area contributed by atoms with Gasteiger partial charge in [-0.3, -0.25) is 19.5 Å². The van der Waals surface area contributed by atoms with Crippen molar-refractivity contribution in [2.45, 2.75) is 0 Å². The molecule has 0 fully saturated rings. The molecule has 0 radical (unpaired) electrons. The summed E-state index contributed by atoms with van der Waals surface area (Å²) >= 11 is 0. The molecule has 76 valence electrons. The van der Waals surface area contributed by atoms with Crippen LogP contribution in [0.3, 0.4) is 0 Å². The SMILES string of the molecule is O=Cc1ccc([N+](=O)[O-])c2no[n+]([O-])c12. The summed E-state index contributed by atoms with van der Waals surface area (Å²) in [5, 5.41) is 24.8. The van der Waals surface area contributed by atoms with E-state index in [0.717, 1.165) is 6.07 Å². The largest absolute Gasteiger partial charge is 0.359 e. The van der Waals surface area contributed by atoms with Crippen molar-refractivity contribution in [1.29, 1.82) is 0 Å². The van der Waals surface area contributed by atoms with Crippen LogP contribution >= 0.6 is 0 Å². The summed E-state index contributed by atoms with van der Waals surface area (Å²) in [5.41, 5.74) is -0.861. The number of nitro groups is 1. The number of non-ortho nitro benzene ring substituents is 1. The number of rotatable bonds is 2. The number of carbonyl (C=O) groups excluding carboxylic acids is 1. The molecule has 0 saturated heterocycles. The topological polar surface area (TPSA) is 113 Å². The van der Waals surface area contributed by atoms with Crippen LogP contribution in [-0.2, 0) is 0 Å². The number of hydrogen-bond donors (Lipinski definition) is 0. The van der Waals surface area contributed by atoms with Crippen LogP contribution in [0.2, 0.25) is 0 Å². The molecule has 8 nitrogen and oxygen atoms in total. The van der Waals surface area contributed by atoms with E-state index in [0.29, 0.717) is 6.29 Å². The first kappa shape index (κ1) is 9.06. The molecule has 0 amide bonds. The molecule has 1 heterocycles. The summed E-state index contributed by atoms with van der Waals surface area (Å²) < 4.78 is 4.20. The van der Waals surface area contributed by atoms with Gasteiger partial charge in [-0.05, 0) is 11.0 Å². The van der Waals surface area contributed by atoms with Crippen molar-refractivity contribution in [2.24, 2.45) is 0 Å². The van der Waals surface area contributed by atoms with Gasteiger partial charge in [-0.25, -0.2) is 0 Å². The van der Waals surface area contributed by atoms with Crippen LogP contribution in [0, 0.1) is 15.3 Å². The van der Waals surface area contributed by atoms with Gasteiger partial charge in [0.25, 0.3) is 0 Å². The minimum absolute atomic E-state index is 0.00755. The summed E-state index contributed by atoms with van der Waals surface area (Å²) in [6, 6.07) is 2.26. The number of benzene rings is 1. The Balaban J connectivity index is 2.91. The Kier molecular flexibility index (Phi) is 1.82. The minimum Gasteiger partial charge on any atom is -0.359 e. The highest BCUT2D eigenvalue weighted by atomic mass is 16.8. The molecule has 1 aromatic carbocycles. The van der Waals surface area contributed by atoms with Crippen molar-refractivity contribution < 1.29 is 19.2 Å². The Bertz CT molecular complexity index is 561. The standard InChI is InChI=1S/C7H3N3O5/c11-3-4-1-2-5(9(12)13)6-7(4)10(14)15-8-6/h1-3H. The van der Waals surface area contributed by atoms with Gasteiger partial charge in [0, 0.05) is 6.07 Å². The highest BCUT2D eigenvalue weighted by Crippen LogP contribution is 2.23. The fourth-order valence-corrected chi connectivity index (χ4v) is 1.23. The van der Waals surface area contributed by atoms with Crippen LogP contribution in [0.25, 0.3) is 11.0 Å². The van der Waals surface area contributed by atoms with E-state index in [2.05, 4.69) is 9.79 Å². The lowest BCUT2D eigenvalue weighted by atomic mass is 10.2. The normalized spacial score (nSPS) is 10.4. The smallest absolute Gasteiger partial charge is 0.327 e. The van der Waals surface area contributed by atoms with Gasteiger partial charge < -0.3 is 5.21 Å². The molecular formula is C7H3N3O5. The Hall–Kier alpha value is -2.51. The highest BCUT2D eigenvalue weighted by molar-refractivity contribution is 5.95. The first-order chi connectivity index (χ1) is 7.15. The van der Waals surface area contributed by atoms with E-state index >= 15 is 0 Å². The van der Waals surface area contributed by atoms with Gasteiger partial charge in [-0.1, -0.05) is 0 Å². The Morgan fingerprint density at radius 3 is 2.87 bits per heavy atom. The predicted molar refractivity (Wildman–Crippen MR) is 45.0 cm³/mol. The van der Waals surface area contributed by atoms with Gasteiger partial charge in [0.2, 0.25) is 5.52 Å². The zero-order chi connectivity index (χ0) is 11.0. The number of aldehydes is 1. The van der Waals surface area contributed by atoms with E-state index < -0.39 is 4.92 Å². The quantitative estimate of drug-likeness (QED) is 0.301. The van der Waals surface area contributed by atoms with E-state index in [9.17, 15) is 20.1 Å². The monoisotopic (exact) mass is 209 g/mol. The van der Waals surface area contributed by atoms with E-state index in [4.69, 9.17) is 0 Å². The van der Waals surface area contributed by atoms with Gasteiger partial charge >= 0.3 is 11.2 Å². The first-order valence-corrected chi connectivity index (χ1v) is 3.77. The summed E-state index contributed by atoms with van der Waals surface area (Å²) in [7, 11) is 0. The number of hydrogen-bond acceptors (Lipinski definition) is 6. The molecule has 0 aliphatic rings. The Labute approximate surface area is 81.4 Å². The van der Waals surface area contributed by atoms with Crippen LogP contribution in [0.1, 0.15) is 10.4 Å². The minimum atomic E-state index is -0.709. The van der Waals surface area contributed by atoms with Crippen molar-refractivity contribution in [1.82, 2.24) is 5.16 Å². The number of carbonyl (C=O) groups is 1. The zero-order valence-electron chi connectivity index (χ0n) is 7.11. The number of nitrogens with zero attached hydrogens (tertiary/aromatic N) is 3. The maximum Gasteiger partial charge on any atom is 0.327 e. The molecule has 2 rings (SSSR count). The molecule has 0 N–H and O–H groups in total. The second kappa shape index (κ2) is 3.01. The lowest BCUT2D eigenvalue weighted by Gasteiger charge is -1.91. The van der Waals surface area contributed by atoms with Gasteiger partial charge in [0.1, 0.15) is 0 Å². The zero-order valence-corrected chi connectivity index (χ0v) is 7.11. The molecule has 0 bridgehead atoms. The molecule has 8 heteroatoms. The molecule has 0 saturated carbocycles. The molecule has 1 aromatic heterocycles. The second-order valence-corrected chi connectivity index (χ2v) is 2.68. The molecule has 15 heavy (non-hydrogen) atoms. The van der Waals surface area contributed by atoms with Crippen molar-refractivity contribution in [3.05, 3.63) is 33.0 Å². The van der Waals surface area contributed by atoms with Crippen LogP contribution < -0.4 is 4.90 Å². The Morgan fingerprint density at radius 1 is 1.53 bits per heavy atom. The van der Waals surface area contributed by atoms with E-state index in [1.54, 1.807) is 0 Å². The maximum atomic E-state index is 11.0. The van der Waals surface area contributed by atoms with Crippen LogP contribution in [0.5, 0.6) is 0 Å². The lowest BCUT2D eigenvalue weighted by Crippen LogP contribution is -2.23. The van der Waals surface area contributed by atoms with E-state index in [-0.39, 0.29) is 27.2 Å². The molecular weight excluding hydrogens is 206 g/mol. The highest BCUT2D eigenvalue weighted by Gasteiger charge is 2.25. The average Bonchev–Trinajstić information content (AvgIpc) is 2.60. The molecule has 0 aliphatic carbocycles. The summed E-state index contributed by atoms with van der Waals surface area (Å²) in [4.78, 5) is 20.4. The molecule has 0 unspecified atom stereocenters. The van der Waals surface area contributed by atoms with Gasteiger partial charge in [-0.2, -0.15) is 0 Å². The first-order valence-electron chi connectivity index (χ1n) is 3.77. The fourth-order valence-electron chi connectivity index (χ4n) is 1.23. The second-order valence-electron chi connectivity index (χ2n) is 2.68. The molecule has 0 atom stereocenters.